The summed E-state index contributed by atoms with van der Waals surface area (Å²) in [6.07, 6.45) is 1.42. The van der Waals surface area contributed by atoms with Crippen molar-refractivity contribution in [3.05, 3.63) is 42.8 Å². The van der Waals surface area contributed by atoms with Crippen molar-refractivity contribution in [2.45, 2.75) is 12.5 Å². The van der Waals surface area contributed by atoms with Crippen molar-refractivity contribution in [1.29, 1.82) is 0 Å². The van der Waals surface area contributed by atoms with Crippen LogP contribution in [0.3, 0.4) is 0 Å². The Balaban J connectivity index is 3.15. The highest BCUT2D eigenvalue weighted by molar-refractivity contribution is 5.61. The minimum Gasteiger partial charge on any atom is -0.434 e. The van der Waals surface area contributed by atoms with Gasteiger partial charge >= 0.3 is 6.61 Å². The van der Waals surface area contributed by atoms with Crippen LogP contribution in [0.25, 0.3) is 6.08 Å². The molecule has 1 N–H and O–H groups in total. The lowest BCUT2D eigenvalue weighted by Crippen LogP contribution is -2.07. The van der Waals surface area contributed by atoms with Gasteiger partial charge in [-0.2, -0.15) is 8.78 Å². The quantitative estimate of drug-likeness (QED) is 0.838. The molecule has 0 spiro atoms. The fraction of sp³-hybridized carbons (Fsp3) is 0.250. The van der Waals surface area contributed by atoms with Crippen LogP contribution in [-0.4, -0.2) is 18.3 Å². The van der Waals surface area contributed by atoms with Gasteiger partial charge in [0.1, 0.15) is 5.75 Å². The molecule has 0 saturated carbocycles. The van der Waals surface area contributed by atoms with E-state index in [-0.39, 0.29) is 12.4 Å². The third kappa shape index (κ3) is 2.79. The van der Waals surface area contributed by atoms with Crippen molar-refractivity contribution in [1.82, 2.24) is 0 Å². The molecule has 0 heterocycles. The largest absolute Gasteiger partial charge is 0.434 e. The van der Waals surface area contributed by atoms with Crippen molar-refractivity contribution in [3.63, 3.8) is 0 Å². The standard InChI is InChI=1S/C12H13F2O2/c1-3-9-10(8(2)7-15)5-4-6-11(9)16-12(13)14/h3-6,8,12,15H,1-2,7H2. The smallest absolute Gasteiger partial charge is 0.387 e. The topological polar surface area (TPSA) is 29.5 Å². The van der Waals surface area contributed by atoms with Crippen LogP contribution in [0, 0.1) is 6.92 Å². The monoisotopic (exact) mass is 227 g/mol. The molecule has 1 atom stereocenters. The number of hydrogen-bond acceptors (Lipinski definition) is 2. The molecule has 87 valence electrons. The van der Waals surface area contributed by atoms with Crippen molar-refractivity contribution in [2.75, 3.05) is 6.61 Å². The second-order valence-corrected chi connectivity index (χ2v) is 3.22. The molecule has 0 amide bonds. The van der Waals surface area contributed by atoms with Gasteiger partial charge in [0.25, 0.3) is 0 Å². The van der Waals surface area contributed by atoms with Gasteiger partial charge in [0, 0.05) is 18.1 Å². The summed E-state index contributed by atoms with van der Waals surface area (Å²) in [6.45, 7) is 4.21. The van der Waals surface area contributed by atoms with Crippen LogP contribution in [-0.2, 0) is 0 Å². The molecular formula is C12H13F2O2. The minimum atomic E-state index is -2.88. The van der Waals surface area contributed by atoms with Gasteiger partial charge in [-0.1, -0.05) is 24.8 Å². The molecule has 1 radical (unpaired) electrons. The molecule has 0 aliphatic heterocycles. The van der Waals surface area contributed by atoms with Gasteiger partial charge in [0.2, 0.25) is 0 Å². The number of ether oxygens (including phenoxy) is 1. The number of benzene rings is 1. The van der Waals surface area contributed by atoms with E-state index in [1.807, 2.05) is 0 Å². The number of aliphatic hydroxyl groups is 1. The van der Waals surface area contributed by atoms with Gasteiger partial charge in [-0.15, -0.1) is 0 Å². The Morgan fingerprint density at radius 3 is 2.62 bits per heavy atom. The zero-order valence-corrected chi connectivity index (χ0v) is 8.70. The van der Waals surface area contributed by atoms with Crippen LogP contribution in [0.1, 0.15) is 17.0 Å². The van der Waals surface area contributed by atoms with Crippen LogP contribution in [0.2, 0.25) is 0 Å². The zero-order chi connectivity index (χ0) is 12.1. The van der Waals surface area contributed by atoms with Crippen LogP contribution < -0.4 is 4.74 Å². The Kier molecular flexibility index (Phi) is 4.43. The third-order valence-electron chi connectivity index (χ3n) is 2.18. The molecule has 0 saturated heterocycles. The lowest BCUT2D eigenvalue weighted by Gasteiger charge is -2.15. The summed E-state index contributed by atoms with van der Waals surface area (Å²) in [4.78, 5) is 0. The van der Waals surface area contributed by atoms with Crippen molar-refractivity contribution in [3.8, 4) is 5.75 Å². The van der Waals surface area contributed by atoms with Gasteiger partial charge < -0.3 is 9.84 Å². The molecule has 1 unspecified atom stereocenters. The normalized spacial score (nSPS) is 12.6. The molecule has 4 heteroatoms. The van der Waals surface area contributed by atoms with E-state index in [1.54, 1.807) is 12.1 Å². The SMILES string of the molecule is [CH2]C(CO)c1cccc(OC(F)F)c1C=C. The van der Waals surface area contributed by atoms with Gasteiger partial charge in [-0.25, -0.2) is 0 Å². The van der Waals surface area contributed by atoms with E-state index in [0.717, 1.165) is 0 Å². The fourth-order valence-corrected chi connectivity index (χ4v) is 1.43. The first kappa shape index (κ1) is 12.6. The maximum Gasteiger partial charge on any atom is 0.387 e. The molecule has 16 heavy (non-hydrogen) atoms. The number of hydrogen-bond donors (Lipinski definition) is 1. The Hall–Kier alpha value is -1.42. The van der Waals surface area contributed by atoms with Gasteiger partial charge in [-0.3, -0.25) is 0 Å². The Labute approximate surface area is 93.2 Å². The van der Waals surface area contributed by atoms with Crippen molar-refractivity contribution >= 4 is 6.08 Å². The average molecular weight is 227 g/mol. The summed E-state index contributed by atoms with van der Waals surface area (Å²) in [7, 11) is 0. The zero-order valence-electron chi connectivity index (χ0n) is 8.70. The highest BCUT2D eigenvalue weighted by Gasteiger charge is 2.14. The summed E-state index contributed by atoms with van der Waals surface area (Å²) < 4.78 is 28.6. The Bertz CT molecular complexity index is 364. The number of alkyl halides is 2. The van der Waals surface area contributed by atoms with E-state index in [2.05, 4.69) is 18.2 Å². The summed E-state index contributed by atoms with van der Waals surface area (Å²) in [5.41, 5.74) is 1.08. The number of aliphatic hydroxyl groups excluding tert-OH is 1. The lowest BCUT2D eigenvalue weighted by atomic mass is 9.95. The number of rotatable bonds is 5. The van der Waals surface area contributed by atoms with E-state index in [9.17, 15) is 8.78 Å². The van der Waals surface area contributed by atoms with Crippen LogP contribution >= 0.6 is 0 Å². The van der Waals surface area contributed by atoms with Crippen LogP contribution in [0.5, 0.6) is 5.75 Å². The first-order valence-electron chi connectivity index (χ1n) is 4.74. The maximum absolute atomic E-state index is 12.1. The maximum atomic E-state index is 12.1. The average Bonchev–Trinajstić information content (AvgIpc) is 2.27. The first-order valence-corrected chi connectivity index (χ1v) is 4.74. The molecule has 2 nitrogen and oxygen atoms in total. The van der Waals surface area contributed by atoms with E-state index < -0.39 is 12.5 Å². The third-order valence-corrected chi connectivity index (χ3v) is 2.18. The second kappa shape index (κ2) is 5.61. The Morgan fingerprint density at radius 1 is 1.44 bits per heavy atom. The highest BCUT2D eigenvalue weighted by atomic mass is 19.3. The molecule has 1 aromatic carbocycles. The van der Waals surface area contributed by atoms with Gasteiger partial charge in [0.05, 0.1) is 0 Å². The second-order valence-electron chi connectivity index (χ2n) is 3.22. The van der Waals surface area contributed by atoms with Crippen molar-refractivity contribution in [2.24, 2.45) is 0 Å². The number of halogens is 2. The summed E-state index contributed by atoms with van der Waals surface area (Å²) >= 11 is 0. The fourth-order valence-electron chi connectivity index (χ4n) is 1.43. The molecule has 0 aliphatic carbocycles. The van der Waals surface area contributed by atoms with Gasteiger partial charge in [-0.05, 0) is 18.6 Å². The first-order chi connectivity index (χ1) is 7.60. The van der Waals surface area contributed by atoms with E-state index in [0.29, 0.717) is 11.1 Å². The summed E-state index contributed by atoms with van der Waals surface area (Å²) in [5.74, 6) is -0.348. The van der Waals surface area contributed by atoms with Gasteiger partial charge in [0.15, 0.2) is 0 Å². The van der Waals surface area contributed by atoms with E-state index in [4.69, 9.17) is 5.11 Å². The molecule has 0 fully saturated rings. The predicted octanol–water partition coefficient (Wildman–Crippen LogP) is 2.84. The summed E-state index contributed by atoms with van der Waals surface area (Å²) in [6, 6.07) is 4.70. The Morgan fingerprint density at radius 2 is 2.12 bits per heavy atom. The van der Waals surface area contributed by atoms with Crippen LogP contribution in [0.15, 0.2) is 24.8 Å². The lowest BCUT2D eigenvalue weighted by molar-refractivity contribution is -0.0500. The molecule has 1 aromatic rings. The van der Waals surface area contributed by atoms with Crippen LogP contribution in [0.4, 0.5) is 8.78 Å². The minimum absolute atomic E-state index is 0.0459. The molecular weight excluding hydrogens is 214 g/mol. The van der Waals surface area contributed by atoms with Crippen molar-refractivity contribution < 1.29 is 18.6 Å². The van der Waals surface area contributed by atoms with E-state index >= 15 is 0 Å². The highest BCUT2D eigenvalue weighted by Crippen LogP contribution is 2.29. The molecule has 1 rings (SSSR count). The molecule has 0 aliphatic rings. The van der Waals surface area contributed by atoms with E-state index in [1.165, 1.54) is 12.1 Å². The molecule has 0 aromatic heterocycles. The predicted molar refractivity (Wildman–Crippen MR) is 58.3 cm³/mol. The summed E-state index contributed by atoms with van der Waals surface area (Å²) in [5, 5.41) is 9.00. The molecule has 0 bridgehead atoms.